The zero-order chi connectivity index (χ0) is 14.9. The summed E-state index contributed by atoms with van der Waals surface area (Å²) in [5.41, 5.74) is 1.17. The summed E-state index contributed by atoms with van der Waals surface area (Å²) in [5, 5.41) is 3.57. The number of hydrogen-bond donors (Lipinski definition) is 1. The van der Waals surface area contributed by atoms with E-state index in [-0.39, 0.29) is 5.82 Å². The molecular formula is C18H28FNO. The van der Waals surface area contributed by atoms with Crippen molar-refractivity contribution in [2.24, 2.45) is 0 Å². The van der Waals surface area contributed by atoms with Gasteiger partial charge in [0.05, 0.1) is 12.7 Å². The molecule has 0 amide bonds. The van der Waals surface area contributed by atoms with E-state index in [4.69, 9.17) is 4.74 Å². The number of hydrogen-bond acceptors (Lipinski definition) is 2. The molecule has 1 atom stereocenters. The van der Waals surface area contributed by atoms with Gasteiger partial charge < -0.3 is 10.1 Å². The van der Waals surface area contributed by atoms with E-state index in [1.165, 1.54) is 44.1 Å². The summed E-state index contributed by atoms with van der Waals surface area (Å²) in [6, 6.07) is 7.18. The van der Waals surface area contributed by atoms with E-state index in [2.05, 4.69) is 12.2 Å². The highest BCUT2D eigenvalue weighted by molar-refractivity contribution is 5.19. The van der Waals surface area contributed by atoms with Crippen LogP contribution in [0.4, 0.5) is 4.39 Å². The summed E-state index contributed by atoms with van der Waals surface area (Å²) in [5.74, 6) is -0.169. The van der Waals surface area contributed by atoms with Crippen molar-refractivity contribution in [3.8, 4) is 0 Å². The second-order valence-electron chi connectivity index (χ2n) is 5.98. The quantitative estimate of drug-likeness (QED) is 0.672. The Hall–Kier alpha value is -0.930. The molecule has 0 saturated heterocycles. The van der Waals surface area contributed by atoms with Crippen LogP contribution in [-0.2, 0) is 4.74 Å². The van der Waals surface area contributed by atoms with E-state index in [9.17, 15) is 4.39 Å². The number of ether oxygens (including phenoxy) is 1. The summed E-state index contributed by atoms with van der Waals surface area (Å²) in [4.78, 5) is 0. The molecule has 118 valence electrons. The van der Waals surface area contributed by atoms with E-state index in [1.54, 1.807) is 12.1 Å². The number of unbranched alkanes of at least 4 members (excludes halogenated alkanes) is 1. The molecule has 1 unspecified atom stereocenters. The molecule has 21 heavy (non-hydrogen) atoms. The third kappa shape index (κ3) is 5.76. The first kappa shape index (κ1) is 16.4. The van der Waals surface area contributed by atoms with Gasteiger partial charge >= 0.3 is 0 Å². The fourth-order valence-corrected chi connectivity index (χ4v) is 3.00. The Balaban J connectivity index is 1.76. The van der Waals surface area contributed by atoms with Crippen molar-refractivity contribution in [2.75, 3.05) is 13.2 Å². The molecule has 1 saturated carbocycles. The molecule has 2 nitrogen and oxygen atoms in total. The van der Waals surface area contributed by atoms with Gasteiger partial charge in [0.25, 0.3) is 0 Å². The molecule has 2 rings (SSSR count). The molecule has 3 heteroatoms. The molecule has 0 spiro atoms. The number of nitrogens with one attached hydrogen (secondary N) is 1. The molecule has 1 fully saturated rings. The third-order valence-corrected chi connectivity index (χ3v) is 4.27. The smallest absolute Gasteiger partial charge is 0.123 e. The Morgan fingerprint density at radius 2 is 1.95 bits per heavy atom. The number of rotatable bonds is 9. The molecule has 0 bridgehead atoms. The second kappa shape index (κ2) is 9.16. The molecule has 0 heterocycles. The van der Waals surface area contributed by atoms with Crippen LogP contribution in [0.2, 0.25) is 0 Å². The van der Waals surface area contributed by atoms with Gasteiger partial charge in [0.15, 0.2) is 0 Å². The molecule has 1 N–H and O–H groups in total. The van der Waals surface area contributed by atoms with Crippen molar-refractivity contribution in [1.29, 1.82) is 0 Å². The predicted octanol–water partition coefficient (Wildman–Crippen LogP) is 4.61. The lowest BCUT2D eigenvalue weighted by molar-refractivity contribution is 0.0589. The number of halogens is 1. The lowest BCUT2D eigenvalue weighted by Crippen LogP contribution is -2.26. The summed E-state index contributed by atoms with van der Waals surface area (Å²) in [6.07, 6.45) is 8.99. The Bertz CT molecular complexity index is 387. The zero-order valence-electron chi connectivity index (χ0n) is 13.1. The molecule has 0 radical (unpaired) electrons. The minimum atomic E-state index is -0.169. The fraction of sp³-hybridized carbons (Fsp3) is 0.667. The highest BCUT2D eigenvalue weighted by Gasteiger charge is 2.15. The molecule has 0 aliphatic heterocycles. The predicted molar refractivity (Wildman–Crippen MR) is 84.9 cm³/mol. The van der Waals surface area contributed by atoms with Gasteiger partial charge in [-0.25, -0.2) is 4.39 Å². The summed E-state index contributed by atoms with van der Waals surface area (Å²) < 4.78 is 18.9. The Morgan fingerprint density at radius 1 is 1.24 bits per heavy atom. The standard InChI is InChI=1S/C18H28FNO/c1-2-3-8-18(15-9-11-16(19)12-10-15)20-13-14-21-17-6-4-5-7-17/h9-12,17-18,20H,2-8,13-14H2,1H3. The SMILES string of the molecule is CCCCC(NCCOC1CCCC1)c1ccc(F)cc1. The van der Waals surface area contributed by atoms with Crippen LogP contribution in [-0.4, -0.2) is 19.3 Å². The minimum Gasteiger partial charge on any atom is -0.377 e. The van der Waals surface area contributed by atoms with Gasteiger partial charge in [0.2, 0.25) is 0 Å². The van der Waals surface area contributed by atoms with Crippen LogP contribution in [0.5, 0.6) is 0 Å². The van der Waals surface area contributed by atoms with Crippen LogP contribution in [0.15, 0.2) is 24.3 Å². The largest absolute Gasteiger partial charge is 0.377 e. The van der Waals surface area contributed by atoms with Gasteiger partial charge in [0.1, 0.15) is 5.82 Å². The lowest BCUT2D eigenvalue weighted by Gasteiger charge is -2.20. The van der Waals surface area contributed by atoms with Crippen LogP contribution in [0.3, 0.4) is 0 Å². The van der Waals surface area contributed by atoms with Gasteiger partial charge in [0, 0.05) is 12.6 Å². The van der Waals surface area contributed by atoms with Crippen molar-refractivity contribution in [3.05, 3.63) is 35.6 Å². The van der Waals surface area contributed by atoms with Crippen molar-refractivity contribution >= 4 is 0 Å². The van der Waals surface area contributed by atoms with Crippen LogP contribution < -0.4 is 5.32 Å². The van der Waals surface area contributed by atoms with Crippen molar-refractivity contribution in [2.45, 2.75) is 64.0 Å². The Morgan fingerprint density at radius 3 is 2.62 bits per heavy atom. The average molecular weight is 293 g/mol. The molecular weight excluding hydrogens is 265 g/mol. The topological polar surface area (TPSA) is 21.3 Å². The summed E-state index contributed by atoms with van der Waals surface area (Å²) in [7, 11) is 0. The molecule has 1 aliphatic carbocycles. The maximum absolute atomic E-state index is 13.0. The number of benzene rings is 1. The maximum Gasteiger partial charge on any atom is 0.123 e. The van der Waals surface area contributed by atoms with Gasteiger partial charge in [-0.2, -0.15) is 0 Å². The second-order valence-corrected chi connectivity index (χ2v) is 5.98. The Kier molecular flexibility index (Phi) is 7.17. The van der Waals surface area contributed by atoms with Crippen LogP contribution in [0, 0.1) is 5.82 Å². The first-order chi connectivity index (χ1) is 10.3. The zero-order valence-corrected chi connectivity index (χ0v) is 13.1. The van der Waals surface area contributed by atoms with E-state index in [1.807, 2.05) is 12.1 Å². The van der Waals surface area contributed by atoms with Crippen LogP contribution in [0.1, 0.15) is 63.5 Å². The highest BCUT2D eigenvalue weighted by atomic mass is 19.1. The fourth-order valence-electron chi connectivity index (χ4n) is 3.00. The average Bonchev–Trinajstić information content (AvgIpc) is 3.01. The van der Waals surface area contributed by atoms with Crippen LogP contribution >= 0.6 is 0 Å². The van der Waals surface area contributed by atoms with Gasteiger partial charge in [-0.15, -0.1) is 0 Å². The minimum absolute atomic E-state index is 0.169. The maximum atomic E-state index is 13.0. The van der Waals surface area contributed by atoms with Gasteiger partial charge in [-0.3, -0.25) is 0 Å². The van der Waals surface area contributed by atoms with E-state index in [0.717, 1.165) is 19.6 Å². The molecule has 1 aromatic carbocycles. The molecule has 0 aromatic heterocycles. The first-order valence-corrected chi connectivity index (χ1v) is 8.40. The van der Waals surface area contributed by atoms with E-state index < -0.39 is 0 Å². The monoisotopic (exact) mass is 293 g/mol. The third-order valence-electron chi connectivity index (χ3n) is 4.27. The summed E-state index contributed by atoms with van der Waals surface area (Å²) >= 11 is 0. The van der Waals surface area contributed by atoms with Gasteiger partial charge in [-0.1, -0.05) is 44.7 Å². The van der Waals surface area contributed by atoms with E-state index >= 15 is 0 Å². The first-order valence-electron chi connectivity index (χ1n) is 8.40. The highest BCUT2D eigenvalue weighted by Crippen LogP contribution is 2.21. The van der Waals surface area contributed by atoms with Crippen molar-refractivity contribution in [3.63, 3.8) is 0 Å². The van der Waals surface area contributed by atoms with Crippen molar-refractivity contribution < 1.29 is 9.13 Å². The lowest BCUT2D eigenvalue weighted by atomic mass is 10.0. The molecule has 1 aromatic rings. The normalized spacial score (nSPS) is 17.2. The van der Waals surface area contributed by atoms with Crippen molar-refractivity contribution in [1.82, 2.24) is 5.32 Å². The Labute approximate surface area is 128 Å². The molecule has 1 aliphatic rings. The van der Waals surface area contributed by atoms with Gasteiger partial charge in [-0.05, 0) is 37.0 Å². The van der Waals surface area contributed by atoms with E-state index in [0.29, 0.717) is 12.1 Å². The summed E-state index contributed by atoms with van der Waals surface area (Å²) in [6.45, 7) is 3.83. The van der Waals surface area contributed by atoms with Crippen LogP contribution in [0.25, 0.3) is 0 Å².